The minimum absolute atomic E-state index is 0.153. The second-order valence-electron chi connectivity index (χ2n) is 8.74. The van der Waals surface area contributed by atoms with E-state index in [0.29, 0.717) is 29.7 Å². The van der Waals surface area contributed by atoms with Gasteiger partial charge >= 0.3 is 0 Å². The van der Waals surface area contributed by atoms with Gasteiger partial charge in [0.1, 0.15) is 5.69 Å². The van der Waals surface area contributed by atoms with Crippen LogP contribution in [0.2, 0.25) is 0 Å². The number of nitrogens with zero attached hydrogens (tertiary/aromatic N) is 5. The molecule has 0 aliphatic carbocycles. The first kappa shape index (κ1) is 20.8. The van der Waals surface area contributed by atoms with Crippen LogP contribution in [0.25, 0.3) is 11.5 Å². The van der Waals surface area contributed by atoms with Crippen LogP contribution in [0.15, 0.2) is 53.4 Å². The average molecular weight is 434 g/mol. The third kappa shape index (κ3) is 4.70. The molecule has 2 aliphatic heterocycles. The van der Waals surface area contributed by atoms with Gasteiger partial charge in [0.25, 0.3) is 0 Å². The smallest absolute Gasteiger partial charge is 0.227 e. The highest BCUT2D eigenvalue weighted by Crippen LogP contribution is 2.39. The molecule has 1 atom stereocenters. The zero-order valence-electron chi connectivity index (χ0n) is 18.0. The van der Waals surface area contributed by atoms with Gasteiger partial charge in [-0.2, -0.15) is 4.98 Å². The fraction of sp³-hybridized carbons (Fsp3) is 0.458. The van der Waals surface area contributed by atoms with E-state index in [4.69, 9.17) is 9.26 Å². The Kier molecular flexibility index (Phi) is 5.94. The summed E-state index contributed by atoms with van der Waals surface area (Å²) in [7, 11) is 0. The van der Waals surface area contributed by atoms with Gasteiger partial charge in [-0.25, -0.2) is 4.98 Å². The number of piperidine rings is 1. The molecular weight excluding hydrogens is 406 g/mol. The van der Waals surface area contributed by atoms with Gasteiger partial charge < -0.3 is 14.2 Å². The maximum atomic E-state index is 12.7. The van der Waals surface area contributed by atoms with Gasteiger partial charge in [0.15, 0.2) is 0 Å². The molecule has 2 fully saturated rings. The van der Waals surface area contributed by atoms with Crippen LogP contribution in [0.1, 0.15) is 37.1 Å². The maximum Gasteiger partial charge on any atom is 0.227 e. The fourth-order valence-electron chi connectivity index (χ4n) is 4.80. The monoisotopic (exact) mass is 433 g/mol. The summed E-state index contributed by atoms with van der Waals surface area (Å²) in [6.45, 7) is 2.22. The zero-order chi connectivity index (χ0) is 21.8. The van der Waals surface area contributed by atoms with Gasteiger partial charge in [0.05, 0.1) is 18.2 Å². The number of carbonyl (C=O) groups is 1. The number of benzene rings is 1. The molecule has 1 aromatic carbocycles. The normalized spacial score (nSPS) is 20.4. The Morgan fingerprint density at radius 3 is 2.78 bits per heavy atom. The molecule has 166 valence electrons. The van der Waals surface area contributed by atoms with Crippen LogP contribution in [0, 0.1) is 5.92 Å². The van der Waals surface area contributed by atoms with Crippen molar-refractivity contribution in [2.24, 2.45) is 5.92 Å². The number of ether oxygens (including phenoxy) is 1. The number of rotatable bonds is 5. The van der Waals surface area contributed by atoms with Gasteiger partial charge in [-0.05, 0) is 37.2 Å². The molecule has 1 spiro atoms. The largest absolute Gasteiger partial charge is 0.375 e. The van der Waals surface area contributed by atoms with Crippen LogP contribution < -0.4 is 0 Å². The SMILES string of the molecule is O=C(Cc1ccccc1)N1CCC2(CC1)CC(Cc1nc(-c3cnccn3)no1)CCO2. The minimum Gasteiger partial charge on any atom is -0.375 e. The molecule has 4 heterocycles. The van der Waals surface area contributed by atoms with Crippen LogP contribution in [0.4, 0.5) is 0 Å². The van der Waals surface area contributed by atoms with E-state index < -0.39 is 0 Å². The molecule has 3 aromatic rings. The van der Waals surface area contributed by atoms with Crippen LogP contribution in [-0.4, -0.2) is 56.2 Å². The predicted octanol–water partition coefficient (Wildman–Crippen LogP) is 3.10. The predicted molar refractivity (Wildman–Crippen MR) is 116 cm³/mol. The molecule has 2 aliphatic rings. The lowest BCUT2D eigenvalue weighted by molar-refractivity contribution is -0.146. The number of aromatic nitrogens is 4. The van der Waals surface area contributed by atoms with Crippen molar-refractivity contribution < 1.29 is 14.1 Å². The first-order chi connectivity index (χ1) is 15.7. The van der Waals surface area contributed by atoms with E-state index in [1.807, 2.05) is 35.2 Å². The van der Waals surface area contributed by atoms with Gasteiger partial charge in [-0.15, -0.1) is 0 Å². The van der Waals surface area contributed by atoms with Gasteiger partial charge in [-0.1, -0.05) is 35.5 Å². The first-order valence-electron chi connectivity index (χ1n) is 11.2. The summed E-state index contributed by atoms with van der Waals surface area (Å²) in [4.78, 5) is 27.5. The Labute approximate surface area is 187 Å². The Morgan fingerprint density at radius 1 is 1.16 bits per heavy atom. The number of hydrogen-bond donors (Lipinski definition) is 0. The van der Waals surface area contributed by atoms with Crippen molar-refractivity contribution in [1.82, 2.24) is 25.0 Å². The average Bonchev–Trinajstić information content (AvgIpc) is 3.29. The summed E-state index contributed by atoms with van der Waals surface area (Å²) in [6, 6.07) is 9.93. The molecule has 0 radical (unpaired) electrons. The van der Waals surface area contributed by atoms with E-state index in [2.05, 4.69) is 20.1 Å². The number of hydrogen-bond acceptors (Lipinski definition) is 7. The molecule has 2 saturated heterocycles. The van der Waals surface area contributed by atoms with Crippen molar-refractivity contribution in [2.75, 3.05) is 19.7 Å². The summed E-state index contributed by atoms with van der Waals surface area (Å²) in [5, 5.41) is 4.06. The molecule has 0 saturated carbocycles. The molecule has 5 rings (SSSR count). The standard InChI is InChI=1S/C24H27N5O3/c30-22(15-18-4-2-1-3-5-18)29-11-7-24(8-12-29)16-19(6-13-31-24)14-21-27-23(28-32-21)20-17-25-9-10-26-20/h1-5,9-10,17,19H,6-8,11-16H2. The molecule has 8 nitrogen and oxygen atoms in total. The molecule has 8 heteroatoms. The van der Waals surface area contributed by atoms with E-state index in [-0.39, 0.29) is 11.5 Å². The second kappa shape index (κ2) is 9.16. The third-order valence-corrected chi connectivity index (χ3v) is 6.54. The third-order valence-electron chi connectivity index (χ3n) is 6.54. The van der Waals surface area contributed by atoms with E-state index in [9.17, 15) is 4.79 Å². The highest BCUT2D eigenvalue weighted by molar-refractivity contribution is 5.78. The van der Waals surface area contributed by atoms with E-state index in [1.54, 1.807) is 18.6 Å². The van der Waals surface area contributed by atoms with Crippen molar-refractivity contribution in [3.8, 4) is 11.5 Å². The Hall–Kier alpha value is -3.13. The quantitative estimate of drug-likeness (QED) is 0.610. The lowest BCUT2D eigenvalue weighted by Crippen LogP contribution is -2.51. The summed E-state index contributed by atoms with van der Waals surface area (Å²) in [5.74, 6) is 1.72. The molecule has 32 heavy (non-hydrogen) atoms. The van der Waals surface area contributed by atoms with Crippen LogP contribution in [0.5, 0.6) is 0 Å². The van der Waals surface area contributed by atoms with Crippen molar-refractivity contribution in [3.63, 3.8) is 0 Å². The number of likely N-dealkylation sites (tertiary alicyclic amines) is 1. The summed E-state index contributed by atoms with van der Waals surface area (Å²) >= 11 is 0. The Bertz CT molecular complexity index is 1030. The molecule has 0 N–H and O–H groups in total. The Balaban J connectivity index is 1.16. The topological polar surface area (TPSA) is 94.2 Å². The van der Waals surface area contributed by atoms with Gasteiger partial charge in [-0.3, -0.25) is 9.78 Å². The molecule has 2 aromatic heterocycles. The zero-order valence-corrected chi connectivity index (χ0v) is 18.0. The van der Waals surface area contributed by atoms with Crippen LogP contribution >= 0.6 is 0 Å². The van der Waals surface area contributed by atoms with Crippen molar-refractivity contribution in [2.45, 2.75) is 44.1 Å². The fourth-order valence-corrected chi connectivity index (χ4v) is 4.80. The summed E-state index contributed by atoms with van der Waals surface area (Å²) in [5.41, 5.74) is 1.52. The number of amides is 1. The highest BCUT2D eigenvalue weighted by atomic mass is 16.5. The summed E-state index contributed by atoms with van der Waals surface area (Å²) in [6.07, 6.45) is 9.73. The van der Waals surface area contributed by atoms with Crippen molar-refractivity contribution in [3.05, 3.63) is 60.4 Å². The highest BCUT2D eigenvalue weighted by Gasteiger charge is 2.41. The number of carbonyl (C=O) groups excluding carboxylic acids is 1. The molecule has 1 unspecified atom stereocenters. The Morgan fingerprint density at radius 2 is 2.00 bits per heavy atom. The van der Waals surface area contributed by atoms with E-state index in [1.165, 1.54) is 0 Å². The van der Waals surface area contributed by atoms with Gasteiger partial charge in [0.2, 0.25) is 17.6 Å². The van der Waals surface area contributed by atoms with E-state index >= 15 is 0 Å². The van der Waals surface area contributed by atoms with Crippen molar-refractivity contribution >= 4 is 5.91 Å². The minimum atomic E-state index is -0.153. The maximum absolute atomic E-state index is 12.7. The molecule has 1 amide bonds. The van der Waals surface area contributed by atoms with Crippen LogP contribution in [-0.2, 0) is 22.4 Å². The molecular formula is C24H27N5O3. The second-order valence-corrected chi connectivity index (χ2v) is 8.74. The van der Waals surface area contributed by atoms with E-state index in [0.717, 1.165) is 57.4 Å². The summed E-state index contributed by atoms with van der Waals surface area (Å²) < 4.78 is 11.8. The lowest BCUT2D eigenvalue weighted by atomic mass is 9.78. The lowest BCUT2D eigenvalue weighted by Gasteiger charge is -2.46. The van der Waals surface area contributed by atoms with Crippen LogP contribution in [0.3, 0.4) is 0 Å². The van der Waals surface area contributed by atoms with Gasteiger partial charge in [0, 0.05) is 38.5 Å². The first-order valence-corrected chi connectivity index (χ1v) is 11.2. The molecule has 0 bridgehead atoms. The van der Waals surface area contributed by atoms with Crippen molar-refractivity contribution in [1.29, 1.82) is 0 Å².